The number of nitrogens with zero attached hydrogens (tertiary/aromatic N) is 9. The van der Waals surface area contributed by atoms with Crippen molar-refractivity contribution in [1.29, 1.82) is 0 Å². The molecule has 266 valence electrons. The Balaban J connectivity index is 1.29. The highest BCUT2D eigenvalue weighted by molar-refractivity contribution is 5.86. The minimum Gasteiger partial charge on any atom is -0.292 e. The lowest BCUT2D eigenvalue weighted by molar-refractivity contribution is 1.05. The molecule has 9 nitrogen and oxygen atoms in total. The van der Waals surface area contributed by atoms with E-state index in [1.807, 2.05) is 73.1 Å². The fourth-order valence-electron chi connectivity index (χ4n) is 7.10. The predicted molar refractivity (Wildman–Crippen MR) is 221 cm³/mol. The molecule has 0 bridgehead atoms. The van der Waals surface area contributed by atoms with Crippen molar-refractivity contribution in [2.24, 2.45) is 0 Å². The normalized spacial score (nSPS) is 11.4. The van der Waals surface area contributed by atoms with Crippen LogP contribution in [0, 0.1) is 13.8 Å². The summed E-state index contributed by atoms with van der Waals surface area (Å²) in [7, 11) is 0. The number of benzene rings is 5. The molecule has 5 heterocycles. The van der Waals surface area contributed by atoms with E-state index in [2.05, 4.69) is 112 Å². The monoisotopic (exact) mass is 723 g/mol. The summed E-state index contributed by atoms with van der Waals surface area (Å²) < 4.78 is 4.37. The third-order valence-corrected chi connectivity index (χ3v) is 9.89. The van der Waals surface area contributed by atoms with Gasteiger partial charge in [-0.15, -0.1) is 0 Å². The Morgan fingerprint density at radius 2 is 0.804 bits per heavy atom. The zero-order valence-electron chi connectivity index (χ0n) is 30.6. The van der Waals surface area contributed by atoms with Crippen LogP contribution in [-0.2, 0) is 0 Å². The van der Waals surface area contributed by atoms with Crippen LogP contribution < -0.4 is 0 Å². The summed E-state index contributed by atoms with van der Waals surface area (Å²) in [5, 5.41) is 0. The van der Waals surface area contributed by atoms with Crippen LogP contribution in [0.25, 0.3) is 90.4 Å². The molecule has 10 aromatic rings. The molecule has 56 heavy (non-hydrogen) atoms. The number of imidazole rings is 2. The second-order valence-electron chi connectivity index (χ2n) is 13.8. The number of rotatable bonds is 7. The molecule has 5 aromatic carbocycles. The molecule has 5 aromatic heterocycles. The summed E-state index contributed by atoms with van der Waals surface area (Å²) in [6.45, 7) is 4.15. The zero-order chi connectivity index (χ0) is 37.6. The summed E-state index contributed by atoms with van der Waals surface area (Å²) in [6, 6.07) is 47.3. The van der Waals surface area contributed by atoms with Crippen LogP contribution >= 0.6 is 0 Å². The highest BCUT2D eigenvalue weighted by atomic mass is 15.1. The highest BCUT2D eigenvalue weighted by Crippen LogP contribution is 2.36. The van der Waals surface area contributed by atoms with Gasteiger partial charge in [0.25, 0.3) is 0 Å². The molecule has 0 fully saturated rings. The molecule has 0 saturated heterocycles. The van der Waals surface area contributed by atoms with Crippen molar-refractivity contribution in [3.8, 4) is 68.3 Å². The van der Waals surface area contributed by atoms with E-state index >= 15 is 0 Å². The fraction of sp³-hybridized carbons (Fsp3) is 0.0426. The van der Waals surface area contributed by atoms with Crippen molar-refractivity contribution >= 4 is 22.1 Å². The Kier molecular flexibility index (Phi) is 8.03. The van der Waals surface area contributed by atoms with Crippen molar-refractivity contribution in [3.63, 3.8) is 0 Å². The summed E-state index contributed by atoms with van der Waals surface area (Å²) >= 11 is 0. The third kappa shape index (κ3) is 5.97. The summed E-state index contributed by atoms with van der Waals surface area (Å²) in [4.78, 5) is 34.6. The Hall–Kier alpha value is -7.65. The van der Waals surface area contributed by atoms with E-state index in [1.54, 1.807) is 12.4 Å². The van der Waals surface area contributed by atoms with Crippen LogP contribution in [0.1, 0.15) is 11.1 Å². The summed E-state index contributed by atoms with van der Waals surface area (Å²) in [6.07, 6.45) is 7.24. The number of para-hydroxylation sites is 4. The zero-order valence-corrected chi connectivity index (χ0v) is 30.6. The van der Waals surface area contributed by atoms with Gasteiger partial charge >= 0.3 is 0 Å². The van der Waals surface area contributed by atoms with E-state index in [0.29, 0.717) is 17.5 Å². The van der Waals surface area contributed by atoms with Gasteiger partial charge in [0.05, 0.1) is 33.4 Å². The van der Waals surface area contributed by atoms with Gasteiger partial charge in [0.2, 0.25) is 0 Å². The first kappa shape index (κ1) is 33.0. The average molecular weight is 724 g/mol. The number of hydrogen-bond donors (Lipinski definition) is 0. The van der Waals surface area contributed by atoms with Crippen molar-refractivity contribution in [3.05, 3.63) is 175 Å². The van der Waals surface area contributed by atoms with E-state index in [4.69, 9.17) is 24.9 Å². The Morgan fingerprint density at radius 1 is 0.375 bits per heavy atom. The van der Waals surface area contributed by atoms with Gasteiger partial charge in [-0.25, -0.2) is 24.9 Å². The molecule has 0 atom stereocenters. The first-order valence-corrected chi connectivity index (χ1v) is 18.4. The molecule has 0 amide bonds. The molecule has 0 aliphatic heterocycles. The minimum absolute atomic E-state index is 0.536. The van der Waals surface area contributed by atoms with Crippen LogP contribution in [0.3, 0.4) is 0 Å². The Bertz CT molecular complexity index is 2820. The Labute approximate surface area is 322 Å². The fourth-order valence-corrected chi connectivity index (χ4v) is 7.10. The van der Waals surface area contributed by atoms with Gasteiger partial charge in [-0.3, -0.25) is 19.1 Å². The molecular weight excluding hydrogens is 691 g/mol. The molecule has 0 aliphatic carbocycles. The number of pyridine rings is 2. The summed E-state index contributed by atoms with van der Waals surface area (Å²) in [5.41, 5.74) is 12.1. The van der Waals surface area contributed by atoms with E-state index in [9.17, 15) is 0 Å². The molecular formula is C47H33N9. The van der Waals surface area contributed by atoms with Gasteiger partial charge in [0.15, 0.2) is 17.5 Å². The first-order valence-electron chi connectivity index (χ1n) is 18.4. The lowest BCUT2D eigenvalue weighted by Gasteiger charge is -2.17. The van der Waals surface area contributed by atoms with Gasteiger partial charge in [0.1, 0.15) is 11.6 Å². The van der Waals surface area contributed by atoms with Gasteiger partial charge in [-0.2, -0.15) is 0 Å². The smallest absolute Gasteiger partial charge is 0.164 e. The molecule has 0 radical (unpaired) electrons. The number of aromatic nitrogens is 9. The molecule has 0 spiro atoms. The van der Waals surface area contributed by atoms with Crippen LogP contribution in [0.2, 0.25) is 0 Å². The van der Waals surface area contributed by atoms with Crippen LogP contribution in [0.4, 0.5) is 0 Å². The number of aryl methyl sites for hydroxylation is 2. The maximum Gasteiger partial charge on any atom is 0.164 e. The Morgan fingerprint density at radius 3 is 1.23 bits per heavy atom. The molecule has 0 N–H and O–H groups in total. The minimum atomic E-state index is 0.536. The van der Waals surface area contributed by atoms with Crippen molar-refractivity contribution in [2.75, 3.05) is 0 Å². The molecule has 9 heteroatoms. The quantitative estimate of drug-likeness (QED) is 0.161. The van der Waals surface area contributed by atoms with Crippen molar-refractivity contribution < 1.29 is 0 Å². The first-order chi connectivity index (χ1) is 27.6. The van der Waals surface area contributed by atoms with Crippen LogP contribution in [-0.4, -0.2) is 44.0 Å². The molecule has 10 rings (SSSR count). The van der Waals surface area contributed by atoms with E-state index in [0.717, 1.165) is 84.0 Å². The molecule has 0 unspecified atom stereocenters. The van der Waals surface area contributed by atoms with Gasteiger partial charge in [-0.05, 0) is 80.6 Å². The van der Waals surface area contributed by atoms with E-state index in [1.165, 1.54) is 0 Å². The van der Waals surface area contributed by atoms with Gasteiger partial charge in [0, 0.05) is 52.6 Å². The van der Waals surface area contributed by atoms with Crippen molar-refractivity contribution in [1.82, 2.24) is 44.0 Å². The topological polar surface area (TPSA) is 100 Å². The lowest BCUT2D eigenvalue weighted by atomic mass is 10.1. The average Bonchev–Trinajstić information content (AvgIpc) is 3.84. The maximum atomic E-state index is 5.19. The predicted octanol–water partition coefficient (Wildman–Crippen LogP) is 10.3. The second-order valence-corrected chi connectivity index (χ2v) is 13.8. The molecule has 0 saturated carbocycles. The van der Waals surface area contributed by atoms with Crippen LogP contribution in [0.5, 0.6) is 0 Å². The lowest BCUT2D eigenvalue weighted by Crippen LogP contribution is -2.05. The van der Waals surface area contributed by atoms with E-state index in [-0.39, 0.29) is 0 Å². The number of fused-ring (bicyclic) bond motifs is 2. The maximum absolute atomic E-state index is 5.19. The number of hydrogen-bond acceptors (Lipinski definition) is 7. The SMILES string of the molecule is Cc1ccc(-c2nc(-c3ccc(C)cc3)nc(-c3cc(-n4c(-c5cccnc5)nc5ccccc54)cc(-n4c(-c5cccnc5)nc5ccccc54)c3)n2)cc1. The third-order valence-electron chi connectivity index (χ3n) is 9.89. The molecule has 0 aliphatic rings. The van der Waals surface area contributed by atoms with Gasteiger partial charge < -0.3 is 0 Å². The summed E-state index contributed by atoms with van der Waals surface area (Å²) in [5.74, 6) is 3.24. The largest absolute Gasteiger partial charge is 0.292 e. The van der Waals surface area contributed by atoms with Gasteiger partial charge in [-0.1, -0.05) is 83.9 Å². The van der Waals surface area contributed by atoms with Crippen LogP contribution in [0.15, 0.2) is 164 Å². The highest BCUT2D eigenvalue weighted by Gasteiger charge is 2.21. The van der Waals surface area contributed by atoms with Crippen molar-refractivity contribution in [2.45, 2.75) is 13.8 Å². The standard InChI is InChI=1S/C47H33N9/c1-30-15-19-32(20-16-30)43-52-44(33-21-17-31(2)18-22-33)54-45(53-43)36-25-37(55-41-13-5-3-11-39(41)50-46(55)34-9-7-23-48-28-34)27-38(26-36)56-42-14-6-4-12-40(42)51-47(56)35-10-8-24-49-29-35/h3-29H,1-2H3. The second kappa shape index (κ2) is 13.6. The van der Waals surface area contributed by atoms with E-state index < -0.39 is 0 Å².